The van der Waals surface area contributed by atoms with Gasteiger partial charge in [0.1, 0.15) is 5.76 Å². The molecule has 1 aromatic heterocycles. The summed E-state index contributed by atoms with van der Waals surface area (Å²) < 4.78 is 5.46. The summed E-state index contributed by atoms with van der Waals surface area (Å²) in [5, 5.41) is 20.4. The number of carbonyl (C=O) groups is 1. The zero-order valence-electron chi connectivity index (χ0n) is 10.9. The van der Waals surface area contributed by atoms with Crippen LogP contribution in [0, 0.1) is 18.3 Å². The van der Waals surface area contributed by atoms with Gasteiger partial charge in [-0.25, -0.2) is 0 Å². The number of hydrogen-bond donors (Lipinski definition) is 2. The smallest absolute Gasteiger partial charge is 0.207 e. The van der Waals surface area contributed by atoms with Gasteiger partial charge in [-0.15, -0.1) is 0 Å². The second-order valence-corrected chi connectivity index (χ2v) is 6.21. The lowest BCUT2D eigenvalue weighted by Gasteiger charge is -2.30. The van der Waals surface area contributed by atoms with Crippen molar-refractivity contribution in [3.05, 3.63) is 23.2 Å². The fourth-order valence-electron chi connectivity index (χ4n) is 3.44. The van der Waals surface area contributed by atoms with Crippen LogP contribution in [0.3, 0.4) is 0 Å². The third-order valence-corrected chi connectivity index (χ3v) is 4.43. The Morgan fingerprint density at radius 3 is 2.72 bits per heavy atom. The lowest BCUT2D eigenvalue weighted by atomic mass is 9.77. The molecule has 2 N–H and O–H groups in total. The third-order valence-electron chi connectivity index (χ3n) is 4.43. The number of furan rings is 1. The van der Waals surface area contributed by atoms with E-state index in [4.69, 9.17) is 4.42 Å². The molecule has 2 aliphatic carbocycles. The first kappa shape index (κ1) is 11.9. The van der Waals surface area contributed by atoms with E-state index in [-0.39, 0.29) is 11.7 Å². The van der Waals surface area contributed by atoms with Crippen molar-refractivity contribution in [2.75, 3.05) is 0 Å². The Balaban J connectivity index is 2.03. The van der Waals surface area contributed by atoms with E-state index >= 15 is 0 Å². The van der Waals surface area contributed by atoms with Crippen molar-refractivity contribution in [1.82, 2.24) is 0 Å². The lowest BCUT2D eigenvalue weighted by molar-refractivity contribution is 0.00587. The van der Waals surface area contributed by atoms with Crippen molar-refractivity contribution in [3.8, 4) is 0 Å². The second-order valence-electron chi connectivity index (χ2n) is 6.21. The summed E-state index contributed by atoms with van der Waals surface area (Å²) in [6.45, 7) is 5.18. The zero-order chi connectivity index (χ0) is 13.3. The fourth-order valence-corrected chi connectivity index (χ4v) is 3.44. The van der Waals surface area contributed by atoms with Gasteiger partial charge in [-0.1, -0.05) is 0 Å². The van der Waals surface area contributed by atoms with Gasteiger partial charge in [0.15, 0.2) is 5.76 Å². The Hall–Kier alpha value is -1.13. The molecule has 0 aliphatic heterocycles. The van der Waals surface area contributed by atoms with E-state index in [9.17, 15) is 15.0 Å². The van der Waals surface area contributed by atoms with Gasteiger partial charge in [0.05, 0.1) is 17.1 Å². The molecule has 4 heteroatoms. The van der Waals surface area contributed by atoms with Gasteiger partial charge in [0.2, 0.25) is 5.78 Å². The lowest BCUT2D eigenvalue weighted by Crippen LogP contribution is -2.42. The average molecular weight is 250 g/mol. The number of aryl methyl sites for hydroxylation is 1. The largest absolute Gasteiger partial charge is 0.458 e. The molecule has 0 radical (unpaired) electrons. The van der Waals surface area contributed by atoms with Gasteiger partial charge in [0, 0.05) is 17.9 Å². The molecule has 98 valence electrons. The van der Waals surface area contributed by atoms with Crippen molar-refractivity contribution in [1.29, 1.82) is 0 Å². The van der Waals surface area contributed by atoms with Crippen LogP contribution < -0.4 is 0 Å². The second kappa shape index (κ2) is 3.25. The van der Waals surface area contributed by atoms with E-state index < -0.39 is 17.1 Å². The Morgan fingerprint density at radius 2 is 2.17 bits per heavy atom. The summed E-state index contributed by atoms with van der Waals surface area (Å²) in [6, 6.07) is 1.81. The van der Waals surface area contributed by atoms with Gasteiger partial charge < -0.3 is 14.6 Å². The molecule has 1 heterocycles. The van der Waals surface area contributed by atoms with Gasteiger partial charge in [-0.3, -0.25) is 4.79 Å². The highest BCUT2D eigenvalue weighted by Crippen LogP contribution is 2.63. The van der Waals surface area contributed by atoms with E-state index in [1.165, 1.54) is 0 Å². The van der Waals surface area contributed by atoms with Crippen LogP contribution in [0.15, 0.2) is 10.5 Å². The van der Waals surface area contributed by atoms with Crippen LogP contribution in [0.25, 0.3) is 0 Å². The minimum atomic E-state index is -0.949. The number of rotatable bonds is 1. The van der Waals surface area contributed by atoms with E-state index in [0.717, 1.165) is 5.56 Å². The summed E-state index contributed by atoms with van der Waals surface area (Å²) in [5.41, 5.74) is -0.984. The Kier molecular flexibility index (Phi) is 2.15. The first-order valence-electron chi connectivity index (χ1n) is 6.31. The summed E-state index contributed by atoms with van der Waals surface area (Å²) in [7, 11) is 0. The maximum Gasteiger partial charge on any atom is 0.207 e. The quantitative estimate of drug-likeness (QED) is 0.791. The Labute approximate surface area is 106 Å². The summed E-state index contributed by atoms with van der Waals surface area (Å²) >= 11 is 0. The van der Waals surface area contributed by atoms with Gasteiger partial charge >= 0.3 is 0 Å². The summed E-state index contributed by atoms with van der Waals surface area (Å²) in [5.74, 6) is 0.741. The summed E-state index contributed by atoms with van der Waals surface area (Å²) in [6.07, 6.45) is 0.256. The summed E-state index contributed by atoms with van der Waals surface area (Å²) in [4.78, 5) is 12.5. The maximum absolute atomic E-state index is 12.5. The number of aliphatic hydroxyl groups is 2. The predicted molar refractivity (Wildman–Crippen MR) is 64.3 cm³/mol. The van der Waals surface area contributed by atoms with Crippen molar-refractivity contribution in [2.45, 2.75) is 45.3 Å². The van der Waals surface area contributed by atoms with Crippen LogP contribution in [-0.4, -0.2) is 27.7 Å². The molecule has 0 saturated heterocycles. The molecule has 1 spiro atoms. The molecular formula is C14H18O4. The topological polar surface area (TPSA) is 70.7 Å². The van der Waals surface area contributed by atoms with Crippen LogP contribution in [0.2, 0.25) is 0 Å². The number of aliphatic hydroxyl groups excluding tert-OH is 1. The fraction of sp³-hybridized carbons (Fsp3) is 0.643. The molecule has 3 rings (SSSR count). The minimum Gasteiger partial charge on any atom is -0.458 e. The standard InChI is InChI=1S/C14H18O4/c1-7-4-8-5-10(15)14(12(16)11(8)18-7)6-9(14)13(2,3)17/h4,9-10,15,17H,5-6H2,1-3H3/t9?,10-,14?/m0/s1. The molecule has 2 unspecified atom stereocenters. The van der Waals surface area contributed by atoms with Gasteiger partial charge in [-0.05, 0) is 33.3 Å². The number of Topliss-reactive ketones (excluding diaryl/α,β-unsaturated/α-hetero) is 1. The van der Waals surface area contributed by atoms with Crippen LogP contribution in [-0.2, 0) is 6.42 Å². The van der Waals surface area contributed by atoms with Crippen molar-refractivity contribution >= 4 is 5.78 Å². The molecule has 3 atom stereocenters. The van der Waals surface area contributed by atoms with E-state index in [2.05, 4.69) is 0 Å². The Bertz CT molecular complexity index is 522. The third kappa shape index (κ3) is 1.36. The average Bonchev–Trinajstić information content (AvgIpc) is 2.90. The molecule has 1 saturated carbocycles. The van der Waals surface area contributed by atoms with Crippen molar-refractivity contribution in [3.63, 3.8) is 0 Å². The van der Waals surface area contributed by atoms with E-state index in [1.54, 1.807) is 20.8 Å². The highest BCUT2D eigenvalue weighted by molar-refractivity contribution is 6.03. The molecule has 0 amide bonds. The number of carbonyl (C=O) groups excluding carboxylic acids is 1. The first-order chi connectivity index (χ1) is 8.26. The predicted octanol–water partition coefficient (Wildman–Crippen LogP) is 1.46. The van der Waals surface area contributed by atoms with Crippen molar-refractivity contribution < 1.29 is 19.4 Å². The van der Waals surface area contributed by atoms with E-state index in [0.29, 0.717) is 24.4 Å². The highest BCUT2D eigenvalue weighted by Gasteiger charge is 2.70. The number of hydrogen-bond acceptors (Lipinski definition) is 4. The number of ketones is 1. The molecule has 1 aromatic rings. The van der Waals surface area contributed by atoms with Crippen molar-refractivity contribution in [2.24, 2.45) is 11.3 Å². The van der Waals surface area contributed by atoms with Crippen LogP contribution >= 0.6 is 0 Å². The molecule has 1 fully saturated rings. The molecule has 4 nitrogen and oxygen atoms in total. The van der Waals surface area contributed by atoms with Gasteiger partial charge in [0.25, 0.3) is 0 Å². The molecule has 18 heavy (non-hydrogen) atoms. The van der Waals surface area contributed by atoms with Gasteiger partial charge in [-0.2, -0.15) is 0 Å². The van der Waals surface area contributed by atoms with Crippen LogP contribution in [0.1, 0.15) is 42.1 Å². The Morgan fingerprint density at radius 1 is 1.50 bits per heavy atom. The SMILES string of the molecule is Cc1cc2c(o1)C(=O)C1(CC1C(C)(C)O)[C@@H](O)C2. The molecule has 2 aliphatic rings. The normalized spacial score (nSPS) is 34.8. The van der Waals surface area contributed by atoms with E-state index in [1.807, 2.05) is 6.07 Å². The van der Waals surface area contributed by atoms with Crippen LogP contribution in [0.4, 0.5) is 0 Å². The molecule has 0 aromatic carbocycles. The zero-order valence-corrected chi connectivity index (χ0v) is 10.9. The van der Waals surface area contributed by atoms with Crippen LogP contribution in [0.5, 0.6) is 0 Å². The first-order valence-corrected chi connectivity index (χ1v) is 6.31. The number of fused-ring (bicyclic) bond motifs is 1. The maximum atomic E-state index is 12.5. The molecular weight excluding hydrogens is 232 g/mol. The highest BCUT2D eigenvalue weighted by atomic mass is 16.4. The minimum absolute atomic E-state index is 0.142. The monoisotopic (exact) mass is 250 g/mol. The molecule has 0 bridgehead atoms.